The minimum atomic E-state index is -0.437. The van der Waals surface area contributed by atoms with Crippen LogP contribution in [0.15, 0.2) is 0 Å². The van der Waals surface area contributed by atoms with Crippen LogP contribution in [0.2, 0.25) is 0 Å². The predicted octanol–water partition coefficient (Wildman–Crippen LogP) is 2.73. The Hall–Kier alpha value is -1.92. The summed E-state index contributed by atoms with van der Waals surface area (Å²) in [7, 11) is 0. The number of unbranched alkanes of at least 4 members (excludes halogenated alkanes) is 2. The van der Waals surface area contributed by atoms with E-state index in [-0.39, 0.29) is 5.69 Å². The molecule has 0 fully saturated rings. The Morgan fingerprint density at radius 1 is 1.21 bits per heavy atom. The van der Waals surface area contributed by atoms with E-state index in [1.807, 2.05) is 6.92 Å². The molecule has 0 saturated carbocycles. The second-order valence-corrected chi connectivity index (χ2v) is 4.25. The fourth-order valence-corrected chi connectivity index (χ4v) is 1.73. The highest BCUT2D eigenvalue weighted by molar-refractivity contribution is 5.60. The molecule has 0 aliphatic carbocycles. The van der Waals surface area contributed by atoms with Gasteiger partial charge < -0.3 is 10.6 Å². The molecule has 19 heavy (non-hydrogen) atoms. The van der Waals surface area contributed by atoms with Crippen molar-refractivity contribution in [2.24, 2.45) is 0 Å². The molecule has 0 aliphatic heterocycles. The summed E-state index contributed by atoms with van der Waals surface area (Å²) < 4.78 is 0. The van der Waals surface area contributed by atoms with Crippen molar-refractivity contribution >= 4 is 17.5 Å². The predicted molar refractivity (Wildman–Crippen MR) is 75.6 cm³/mol. The Kier molecular flexibility index (Phi) is 5.98. The van der Waals surface area contributed by atoms with Crippen LogP contribution in [0.1, 0.15) is 38.8 Å². The van der Waals surface area contributed by atoms with Gasteiger partial charge in [0.1, 0.15) is 5.69 Å². The maximum atomic E-state index is 11.1. The minimum Gasteiger partial charge on any atom is -0.364 e. The van der Waals surface area contributed by atoms with Crippen LogP contribution >= 0.6 is 0 Å². The van der Waals surface area contributed by atoms with E-state index in [0.29, 0.717) is 30.5 Å². The molecule has 1 rings (SSSR count). The number of nitro groups is 1. The molecule has 7 heteroatoms. The number of hydrogen-bond acceptors (Lipinski definition) is 6. The van der Waals surface area contributed by atoms with Crippen molar-refractivity contribution in [3.8, 4) is 0 Å². The lowest BCUT2D eigenvalue weighted by Gasteiger charge is -2.09. The zero-order valence-electron chi connectivity index (χ0n) is 11.7. The van der Waals surface area contributed by atoms with Crippen LogP contribution < -0.4 is 10.6 Å². The number of aryl methyl sites for hydroxylation is 1. The molecule has 7 nitrogen and oxygen atoms in total. The number of aromatic nitrogens is 2. The van der Waals surface area contributed by atoms with Gasteiger partial charge in [-0.25, -0.2) is 4.98 Å². The summed E-state index contributed by atoms with van der Waals surface area (Å²) in [6, 6.07) is 0. The Balaban J connectivity index is 2.92. The van der Waals surface area contributed by atoms with Gasteiger partial charge in [-0.1, -0.05) is 19.8 Å². The fraction of sp³-hybridized carbons (Fsp3) is 0.667. The molecule has 0 radical (unpaired) electrons. The molecule has 1 aromatic rings. The maximum Gasteiger partial charge on any atom is 0.332 e. The average molecular weight is 267 g/mol. The lowest BCUT2D eigenvalue weighted by molar-refractivity contribution is -0.385. The number of hydrogen-bond donors (Lipinski definition) is 2. The first-order valence-corrected chi connectivity index (χ1v) is 6.60. The van der Waals surface area contributed by atoms with Crippen molar-refractivity contribution < 1.29 is 4.92 Å². The Bertz CT molecular complexity index is 436. The summed E-state index contributed by atoms with van der Waals surface area (Å²) in [5.41, 5.74) is 0.326. The number of anilines is 2. The van der Waals surface area contributed by atoms with E-state index in [0.717, 1.165) is 19.3 Å². The van der Waals surface area contributed by atoms with Crippen molar-refractivity contribution in [2.45, 2.75) is 40.0 Å². The average Bonchev–Trinajstić information content (AvgIpc) is 2.34. The third-order valence-corrected chi connectivity index (χ3v) is 2.65. The summed E-state index contributed by atoms with van der Waals surface area (Å²) in [5, 5.41) is 17.1. The second kappa shape index (κ2) is 7.50. The first-order valence-electron chi connectivity index (χ1n) is 6.60. The molecule has 2 N–H and O–H groups in total. The van der Waals surface area contributed by atoms with Crippen LogP contribution in [0.3, 0.4) is 0 Å². The number of nitrogens with one attached hydrogen (secondary N) is 2. The van der Waals surface area contributed by atoms with Gasteiger partial charge in [-0.2, -0.15) is 4.98 Å². The molecular weight excluding hydrogens is 246 g/mol. The van der Waals surface area contributed by atoms with E-state index < -0.39 is 4.92 Å². The highest BCUT2D eigenvalue weighted by Gasteiger charge is 2.21. The Morgan fingerprint density at radius 2 is 1.95 bits per heavy atom. The van der Waals surface area contributed by atoms with Crippen molar-refractivity contribution in [1.29, 1.82) is 0 Å². The van der Waals surface area contributed by atoms with Crippen molar-refractivity contribution in [2.75, 3.05) is 23.7 Å². The normalized spacial score (nSPS) is 10.3. The van der Waals surface area contributed by atoms with Crippen molar-refractivity contribution in [1.82, 2.24) is 9.97 Å². The quantitative estimate of drug-likeness (QED) is 0.427. The lowest BCUT2D eigenvalue weighted by atomic mass is 10.2. The van der Waals surface area contributed by atoms with E-state index in [2.05, 4.69) is 27.5 Å². The van der Waals surface area contributed by atoms with E-state index in [1.54, 1.807) is 6.92 Å². The van der Waals surface area contributed by atoms with Gasteiger partial charge >= 0.3 is 5.69 Å². The third kappa shape index (κ3) is 4.35. The highest BCUT2D eigenvalue weighted by atomic mass is 16.6. The molecule has 0 bridgehead atoms. The van der Waals surface area contributed by atoms with Gasteiger partial charge in [0.25, 0.3) is 0 Å². The Labute approximate surface area is 113 Å². The summed E-state index contributed by atoms with van der Waals surface area (Å²) in [6.45, 7) is 7.01. The molecule has 0 aromatic carbocycles. The van der Waals surface area contributed by atoms with E-state index >= 15 is 0 Å². The topological polar surface area (TPSA) is 93.0 Å². The van der Waals surface area contributed by atoms with Gasteiger partial charge in [0.2, 0.25) is 11.8 Å². The smallest absolute Gasteiger partial charge is 0.332 e. The molecule has 0 spiro atoms. The van der Waals surface area contributed by atoms with Crippen LogP contribution in [0.5, 0.6) is 0 Å². The zero-order valence-corrected chi connectivity index (χ0v) is 11.7. The second-order valence-electron chi connectivity index (χ2n) is 4.25. The van der Waals surface area contributed by atoms with Crippen LogP contribution in [0.25, 0.3) is 0 Å². The van der Waals surface area contributed by atoms with Crippen LogP contribution in [0, 0.1) is 17.0 Å². The number of nitrogens with zero attached hydrogens (tertiary/aromatic N) is 3. The third-order valence-electron chi connectivity index (χ3n) is 2.65. The number of rotatable bonds is 8. The van der Waals surface area contributed by atoms with Crippen LogP contribution in [-0.2, 0) is 0 Å². The molecular formula is C12H21N5O2. The molecule has 0 unspecified atom stereocenters. The van der Waals surface area contributed by atoms with Gasteiger partial charge in [0.05, 0.1) is 4.92 Å². The minimum absolute atomic E-state index is 0.0434. The maximum absolute atomic E-state index is 11.1. The van der Waals surface area contributed by atoms with Gasteiger partial charge in [0, 0.05) is 13.1 Å². The van der Waals surface area contributed by atoms with Gasteiger partial charge in [-0.15, -0.1) is 0 Å². The van der Waals surface area contributed by atoms with E-state index in [4.69, 9.17) is 0 Å². The monoisotopic (exact) mass is 267 g/mol. The van der Waals surface area contributed by atoms with Gasteiger partial charge in [0.15, 0.2) is 0 Å². The summed E-state index contributed by atoms with van der Waals surface area (Å²) in [6.07, 6.45) is 3.16. The summed E-state index contributed by atoms with van der Waals surface area (Å²) in [4.78, 5) is 18.9. The lowest BCUT2D eigenvalue weighted by Crippen LogP contribution is -2.11. The van der Waals surface area contributed by atoms with E-state index in [9.17, 15) is 10.1 Å². The standard InChI is InChI=1S/C12H21N5O2/c1-4-6-7-8-14-11-10(17(18)19)9(3)15-12(16-11)13-5-2/h4-8H2,1-3H3,(H2,13,14,15,16). The molecule has 1 heterocycles. The Morgan fingerprint density at radius 3 is 2.53 bits per heavy atom. The molecule has 106 valence electrons. The van der Waals surface area contributed by atoms with Gasteiger partial charge in [-0.3, -0.25) is 10.1 Å². The SMILES string of the molecule is CCCCCNc1nc(NCC)nc(C)c1[N+](=O)[O-]. The van der Waals surface area contributed by atoms with E-state index in [1.165, 1.54) is 0 Å². The first-order chi connectivity index (χ1) is 9.10. The zero-order chi connectivity index (χ0) is 14.3. The summed E-state index contributed by atoms with van der Waals surface area (Å²) >= 11 is 0. The fourth-order valence-electron chi connectivity index (χ4n) is 1.73. The van der Waals surface area contributed by atoms with Gasteiger partial charge in [-0.05, 0) is 20.3 Å². The van der Waals surface area contributed by atoms with Crippen LogP contribution in [-0.4, -0.2) is 28.0 Å². The first kappa shape index (κ1) is 15.1. The molecule has 0 atom stereocenters. The van der Waals surface area contributed by atoms with Crippen molar-refractivity contribution in [3.63, 3.8) is 0 Å². The summed E-state index contributed by atoms with van der Waals surface area (Å²) in [5.74, 6) is 0.716. The molecule has 0 saturated heterocycles. The highest BCUT2D eigenvalue weighted by Crippen LogP contribution is 2.26. The van der Waals surface area contributed by atoms with Crippen LogP contribution in [0.4, 0.5) is 17.5 Å². The molecule has 0 amide bonds. The molecule has 1 aromatic heterocycles. The van der Waals surface area contributed by atoms with Crippen molar-refractivity contribution in [3.05, 3.63) is 15.8 Å². The molecule has 0 aliphatic rings. The largest absolute Gasteiger partial charge is 0.364 e.